The zero-order valence-corrected chi connectivity index (χ0v) is 13.4. The van der Waals surface area contributed by atoms with Crippen LogP contribution in [0.2, 0.25) is 0 Å². The highest BCUT2D eigenvalue weighted by molar-refractivity contribution is 5.95. The molecule has 0 unspecified atom stereocenters. The molecule has 0 fully saturated rings. The van der Waals surface area contributed by atoms with E-state index in [9.17, 15) is 18.4 Å². The second-order valence-electron chi connectivity index (χ2n) is 5.01. The zero-order chi connectivity index (χ0) is 18.2. The van der Waals surface area contributed by atoms with Crippen LogP contribution in [0.4, 0.5) is 20.2 Å². The smallest absolute Gasteiger partial charge is 0.243 e. The van der Waals surface area contributed by atoms with Crippen LogP contribution in [0.15, 0.2) is 42.5 Å². The van der Waals surface area contributed by atoms with Crippen molar-refractivity contribution in [1.29, 1.82) is 0 Å². The Kier molecular flexibility index (Phi) is 6.27. The van der Waals surface area contributed by atoms with E-state index in [1.807, 2.05) is 0 Å². The van der Waals surface area contributed by atoms with Crippen LogP contribution in [0.3, 0.4) is 0 Å². The summed E-state index contributed by atoms with van der Waals surface area (Å²) in [5, 5.41) is 7.66. The first-order valence-corrected chi connectivity index (χ1v) is 7.38. The van der Waals surface area contributed by atoms with Crippen molar-refractivity contribution in [3.63, 3.8) is 0 Å². The van der Waals surface area contributed by atoms with Crippen LogP contribution < -0.4 is 20.7 Å². The molecule has 0 aliphatic heterocycles. The van der Waals surface area contributed by atoms with Crippen LogP contribution in [0.5, 0.6) is 5.75 Å². The summed E-state index contributed by atoms with van der Waals surface area (Å²) in [6.07, 6.45) is 0. The molecule has 2 aromatic carbocycles. The van der Waals surface area contributed by atoms with E-state index < -0.39 is 23.4 Å². The summed E-state index contributed by atoms with van der Waals surface area (Å²) in [4.78, 5) is 23.5. The molecule has 0 saturated heterocycles. The number of halogens is 2. The van der Waals surface area contributed by atoms with E-state index in [1.165, 1.54) is 13.2 Å². The quantitative estimate of drug-likeness (QED) is 0.716. The Labute approximate surface area is 143 Å². The van der Waals surface area contributed by atoms with E-state index in [1.54, 1.807) is 24.3 Å². The Balaban J connectivity index is 1.77. The van der Waals surface area contributed by atoms with Crippen LogP contribution in [-0.2, 0) is 9.59 Å². The number of benzene rings is 2. The number of carbonyl (C=O) groups is 2. The Morgan fingerprint density at radius 3 is 2.48 bits per heavy atom. The SMILES string of the molecule is COc1ccccc1NCC(=O)NCC(=O)Nc1ccc(F)c(F)c1. The summed E-state index contributed by atoms with van der Waals surface area (Å²) in [5.41, 5.74) is 0.747. The normalized spacial score (nSPS) is 10.0. The van der Waals surface area contributed by atoms with Gasteiger partial charge in [-0.15, -0.1) is 0 Å². The first kappa shape index (κ1) is 18.2. The number of hydrogen-bond donors (Lipinski definition) is 3. The van der Waals surface area contributed by atoms with Gasteiger partial charge in [0.05, 0.1) is 25.9 Å². The van der Waals surface area contributed by atoms with Gasteiger partial charge in [0, 0.05) is 11.8 Å². The van der Waals surface area contributed by atoms with Gasteiger partial charge in [0.1, 0.15) is 5.75 Å². The van der Waals surface area contributed by atoms with Gasteiger partial charge in [0.15, 0.2) is 11.6 Å². The molecule has 0 aromatic heterocycles. The Bertz CT molecular complexity index is 769. The summed E-state index contributed by atoms with van der Waals surface area (Å²) >= 11 is 0. The molecule has 25 heavy (non-hydrogen) atoms. The lowest BCUT2D eigenvalue weighted by Gasteiger charge is -2.11. The van der Waals surface area contributed by atoms with Gasteiger partial charge in [-0.2, -0.15) is 0 Å². The Hall–Kier alpha value is -3.16. The van der Waals surface area contributed by atoms with Gasteiger partial charge in [-0.1, -0.05) is 12.1 Å². The number of amides is 2. The van der Waals surface area contributed by atoms with E-state index in [4.69, 9.17) is 4.74 Å². The number of rotatable bonds is 7. The number of ether oxygens (including phenoxy) is 1. The molecule has 8 heteroatoms. The van der Waals surface area contributed by atoms with E-state index >= 15 is 0 Å². The average Bonchev–Trinajstić information content (AvgIpc) is 2.61. The van der Waals surface area contributed by atoms with Gasteiger partial charge < -0.3 is 20.7 Å². The molecule has 2 aromatic rings. The standard InChI is InChI=1S/C17H17F2N3O3/c1-25-15-5-3-2-4-14(15)20-9-16(23)21-10-17(24)22-11-6-7-12(18)13(19)8-11/h2-8,20H,9-10H2,1H3,(H,21,23)(H,22,24). The maximum atomic E-state index is 13.1. The van der Waals surface area contributed by atoms with Gasteiger partial charge in [-0.25, -0.2) is 8.78 Å². The molecule has 2 rings (SSSR count). The van der Waals surface area contributed by atoms with Gasteiger partial charge in [-0.3, -0.25) is 9.59 Å². The minimum Gasteiger partial charge on any atom is -0.495 e. The first-order valence-electron chi connectivity index (χ1n) is 7.38. The van der Waals surface area contributed by atoms with Crippen molar-refractivity contribution in [2.75, 3.05) is 30.8 Å². The number of anilines is 2. The minimum absolute atomic E-state index is 0.0567. The van der Waals surface area contributed by atoms with E-state index in [0.29, 0.717) is 11.4 Å². The summed E-state index contributed by atoms with van der Waals surface area (Å²) < 4.78 is 31.0. The monoisotopic (exact) mass is 349 g/mol. The van der Waals surface area contributed by atoms with Crippen molar-refractivity contribution >= 4 is 23.2 Å². The fourth-order valence-electron chi connectivity index (χ4n) is 1.99. The van der Waals surface area contributed by atoms with E-state index in [2.05, 4.69) is 16.0 Å². The highest BCUT2D eigenvalue weighted by Gasteiger charge is 2.09. The van der Waals surface area contributed by atoms with Crippen LogP contribution >= 0.6 is 0 Å². The van der Waals surface area contributed by atoms with Crippen molar-refractivity contribution in [1.82, 2.24) is 5.32 Å². The maximum absolute atomic E-state index is 13.1. The van der Waals surface area contributed by atoms with Crippen molar-refractivity contribution in [2.45, 2.75) is 0 Å². The molecule has 0 saturated carbocycles. The summed E-state index contributed by atoms with van der Waals surface area (Å²) in [5.74, 6) is -2.45. The minimum atomic E-state index is -1.07. The highest BCUT2D eigenvalue weighted by Crippen LogP contribution is 2.22. The van der Waals surface area contributed by atoms with Crippen LogP contribution in [0, 0.1) is 11.6 Å². The number of methoxy groups -OCH3 is 1. The molecular formula is C17H17F2N3O3. The number of carbonyl (C=O) groups excluding carboxylic acids is 2. The molecule has 0 spiro atoms. The average molecular weight is 349 g/mol. The molecular weight excluding hydrogens is 332 g/mol. The molecule has 0 radical (unpaired) electrons. The van der Waals surface area contributed by atoms with Crippen LogP contribution in [-0.4, -0.2) is 32.0 Å². The third-order valence-corrected chi connectivity index (χ3v) is 3.20. The predicted octanol–water partition coefficient (Wildman–Crippen LogP) is 2.14. The van der Waals surface area contributed by atoms with Crippen LogP contribution in [0.1, 0.15) is 0 Å². The van der Waals surface area contributed by atoms with E-state index in [0.717, 1.165) is 12.1 Å². The lowest BCUT2D eigenvalue weighted by atomic mass is 10.3. The summed E-state index contributed by atoms with van der Waals surface area (Å²) in [6.45, 7) is -0.357. The lowest BCUT2D eigenvalue weighted by Crippen LogP contribution is -2.36. The van der Waals surface area contributed by atoms with Crippen molar-refractivity contribution < 1.29 is 23.1 Å². The molecule has 132 valence electrons. The molecule has 6 nitrogen and oxygen atoms in total. The molecule has 0 atom stereocenters. The fraction of sp³-hybridized carbons (Fsp3) is 0.176. The molecule has 0 aliphatic carbocycles. The van der Waals surface area contributed by atoms with Gasteiger partial charge in [0.25, 0.3) is 0 Å². The largest absolute Gasteiger partial charge is 0.495 e. The highest BCUT2D eigenvalue weighted by atomic mass is 19.2. The third kappa shape index (κ3) is 5.45. The molecule has 0 heterocycles. The predicted molar refractivity (Wildman–Crippen MR) is 89.5 cm³/mol. The molecule has 3 N–H and O–H groups in total. The van der Waals surface area contributed by atoms with Crippen LogP contribution in [0.25, 0.3) is 0 Å². The summed E-state index contributed by atoms with van der Waals surface area (Å²) in [6, 6.07) is 10.1. The van der Waals surface area contributed by atoms with Crippen molar-refractivity contribution in [2.24, 2.45) is 0 Å². The Morgan fingerprint density at radius 2 is 1.76 bits per heavy atom. The first-order chi connectivity index (χ1) is 12.0. The zero-order valence-electron chi connectivity index (χ0n) is 13.4. The topological polar surface area (TPSA) is 79.5 Å². The number of nitrogens with one attached hydrogen (secondary N) is 3. The Morgan fingerprint density at radius 1 is 1.00 bits per heavy atom. The van der Waals surface area contributed by atoms with Gasteiger partial charge in [-0.05, 0) is 24.3 Å². The second-order valence-corrected chi connectivity index (χ2v) is 5.01. The lowest BCUT2D eigenvalue weighted by molar-refractivity contribution is -0.122. The number of hydrogen-bond acceptors (Lipinski definition) is 4. The fourth-order valence-corrected chi connectivity index (χ4v) is 1.99. The van der Waals surface area contributed by atoms with Crippen molar-refractivity contribution in [3.8, 4) is 5.75 Å². The third-order valence-electron chi connectivity index (χ3n) is 3.20. The maximum Gasteiger partial charge on any atom is 0.243 e. The molecule has 0 bridgehead atoms. The molecule has 2 amide bonds. The summed E-state index contributed by atoms with van der Waals surface area (Å²) in [7, 11) is 1.52. The number of para-hydroxylation sites is 2. The van der Waals surface area contributed by atoms with Gasteiger partial charge in [0.2, 0.25) is 11.8 Å². The molecule has 0 aliphatic rings. The second kappa shape index (κ2) is 8.62. The van der Waals surface area contributed by atoms with Crippen molar-refractivity contribution in [3.05, 3.63) is 54.1 Å². The van der Waals surface area contributed by atoms with E-state index in [-0.39, 0.29) is 18.8 Å². The van der Waals surface area contributed by atoms with Gasteiger partial charge >= 0.3 is 0 Å².